The van der Waals surface area contributed by atoms with E-state index < -0.39 is 32.7 Å². The molecule has 28 heavy (non-hydrogen) atoms. The standard InChI is InChI=1S/C18H18F3N3O3S/c19-18(20,21)14-11-12(8-9-16(14)28(22,26)27)23-15-7-4-10-24(17(15)25)13-5-2-1-3-6-13/h1-3,5-6,8-9,11,15,23H,4,7,10H2,(H2,22,26,27). The minimum absolute atomic E-state index is 0.00649. The molecule has 3 N–H and O–H groups in total. The van der Waals surface area contributed by atoms with E-state index in [0.717, 1.165) is 6.07 Å². The largest absolute Gasteiger partial charge is 0.417 e. The number of piperidine rings is 1. The number of halogens is 3. The maximum atomic E-state index is 13.3. The molecule has 2 aromatic carbocycles. The molecule has 6 nitrogen and oxygen atoms in total. The zero-order valence-electron chi connectivity index (χ0n) is 14.6. The van der Waals surface area contributed by atoms with Gasteiger partial charge in [-0.3, -0.25) is 4.79 Å². The molecule has 10 heteroatoms. The van der Waals surface area contributed by atoms with Crippen LogP contribution in [0, 0.1) is 0 Å². The third-order valence-corrected chi connectivity index (χ3v) is 5.41. The van der Waals surface area contributed by atoms with Crippen LogP contribution in [-0.4, -0.2) is 26.9 Å². The van der Waals surface area contributed by atoms with Gasteiger partial charge in [0.15, 0.2) is 0 Å². The summed E-state index contributed by atoms with van der Waals surface area (Å²) in [5.41, 5.74) is -0.671. The number of nitrogens with one attached hydrogen (secondary N) is 1. The summed E-state index contributed by atoms with van der Waals surface area (Å²) in [5, 5.41) is 7.68. The smallest absolute Gasteiger partial charge is 0.374 e. The monoisotopic (exact) mass is 413 g/mol. The number of primary sulfonamides is 1. The number of carbonyl (C=O) groups is 1. The van der Waals surface area contributed by atoms with Crippen LogP contribution in [0.15, 0.2) is 53.4 Å². The molecule has 3 rings (SSSR count). The zero-order chi connectivity index (χ0) is 20.5. The SMILES string of the molecule is NS(=O)(=O)c1ccc(NC2CCCN(c3ccccc3)C2=O)cc1C(F)(F)F. The summed E-state index contributed by atoms with van der Waals surface area (Å²) in [6.07, 6.45) is -3.80. The third-order valence-electron chi connectivity index (χ3n) is 4.44. The maximum absolute atomic E-state index is 13.3. The quantitative estimate of drug-likeness (QED) is 0.806. The second-order valence-corrected chi connectivity index (χ2v) is 7.95. The summed E-state index contributed by atoms with van der Waals surface area (Å²) in [6, 6.07) is 10.9. The Morgan fingerprint density at radius 3 is 2.39 bits per heavy atom. The first-order chi connectivity index (χ1) is 13.1. The van der Waals surface area contributed by atoms with E-state index in [4.69, 9.17) is 5.14 Å². The molecule has 150 valence electrons. The Balaban J connectivity index is 1.88. The summed E-state index contributed by atoms with van der Waals surface area (Å²) in [7, 11) is -4.54. The van der Waals surface area contributed by atoms with Crippen LogP contribution in [0.2, 0.25) is 0 Å². The predicted molar refractivity (Wildman–Crippen MR) is 98.3 cm³/mol. The van der Waals surface area contributed by atoms with Gasteiger partial charge >= 0.3 is 6.18 Å². The van der Waals surface area contributed by atoms with Crippen molar-refractivity contribution in [2.24, 2.45) is 5.14 Å². The molecule has 1 amide bonds. The van der Waals surface area contributed by atoms with Crippen LogP contribution in [0.5, 0.6) is 0 Å². The van der Waals surface area contributed by atoms with Crippen LogP contribution >= 0.6 is 0 Å². The van der Waals surface area contributed by atoms with E-state index >= 15 is 0 Å². The number of rotatable bonds is 4. The molecule has 0 aromatic heterocycles. The average Bonchev–Trinajstić information content (AvgIpc) is 2.62. The number of nitrogens with two attached hydrogens (primary N) is 1. The molecule has 1 aliphatic rings. The molecule has 1 aliphatic heterocycles. The van der Waals surface area contributed by atoms with Crippen LogP contribution in [0.25, 0.3) is 0 Å². The molecule has 0 spiro atoms. The number of para-hydroxylation sites is 1. The van der Waals surface area contributed by atoms with Gasteiger partial charge in [0.25, 0.3) is 0 Å². The normalized spacial score (nSPS) is 18.2. The van der Waals surface area contributed by atoms with E-state index in [1.54, 1.807) is 29.2 Å². The number of benzene rings is 2. The summed E-state index contributed by atoms with van der Waals surface area (Å²) in [5.74, 6) is -0.262. The van der Waals surface area contributed by atoms with Gasteiger partial charge in [-0.05, 0) is 43.2 Å². The highest BCUT2D eigenvalue weighted by molar-refractivity contribution is 7.89. The highest BCUT2D eigenvalue weighted by Crippen LogP contribution is 2.36. The Hall–Kier alpha value is -2.59. The van der Waals surface area contributed by atoms with Crippen molar-refractivity contribution in [1.29, 1.82) is 0 Å². The van der Waals surface area contributed by atoms with Crippen LogP contribution in [-0.2, 0) is 21.0 Å². The van der Waals surface area contributed by atoms with Gasteiger partial charge in [-0.15, -0.1) is 0 Å². The highest BCUT2D eigenvalue weighted by atomic mass is 32.2. The predicted octanol–water partition coefficient (Wildman–Crippen LogP) is 2.96. The van der Waals surface area contributed by atoms with Crippen LogP contribution in [0.4, 0.5) is 24.5 Å². The number of amides is 1. The molecule has 1 atom stereocenters. The number of sulfonamides is 1. The van der Waals surface area contributed by atoms with Crippen LogP contribution < -0.4 is 15.4 Å². The van der Waals surface area contributed by atoms with E-state index in [0.29, 0.717) is 31.1 Å². The molecule has 1 saturated heterocycles. The van der Waals surface area contributed by atoms with Crippen molar-refractivity contribution in [2.45, 2.75) is 30.0 Å². The van der Waals surface area contributed by atoms with Crippen molar-refractivity contribution in [3.05, 3.63) is 54.1 Å². The molecular weight excluding hydrogens is 395 g/mol. The highest BCUT2D eigenvalue weighted by Gasteiger charge is 2.37. The number of alkyl halides is 3. The van der Waals surface area contributed by atoms with Crippen molar-refractivity contribution >= 4 is 27.3 Å². The minimum Gasteiger partial charge on any atom is -0.374 e. The van der Waals surface area contributed by atoms with Crippen molar-refractivity contribution in [3.63, 3.8) is 0 Å². The van der Waals surface area contributed by atoms with Crippen molar-refractivity contribution in [1.82, 2.24) is 0 Å². The molecule has 1 heterocycles. The molecule has 2 aromatic rings. The van der Waals surface area contributed by atoms with Gasteiger partial charge in [0, 0.05) is 17.9 Å². The minimum atomic E-state index is -4.91. The van der Waals surface area contributed by atoms with Crippen molar-refractivity contribution < 1.29 is 26.4 Å². The first-order valence-electron chi connectivity index (χ1n) is 8.44. The van der Waals surface area contributed by atoms with E-state index in [1.807, 2.05) is 6.07 Å². The Labute approximate surface area is 160 Å². The van der Waals surface area contributed by atoms with Gasteiger partial charge in [0.2, 0.25) is 15.9 Å². The van der Waals surface area contributed by atoms with Gasteiger partial charge < -0.3 is 10.2 Å². The summed E-state index contributed by atoms with van der Waals surface area (Å²) < 4.78 is 62.7. The van der Waals surface area contributed by atoms with E-state index in [-0.39, 0.29) is 11.6 Å². The summed E-state index contributed by atoms with van der Waals surface area (Å²) in [6.45, 7) is 0.513. The number of hydrogen-bond acceptors (Lipinski definition) is 4. The number of nitrogens with zero attached hydrogens (tertiary/aromatic N) is 1. The average molecular weight is 413 g/mol. The van der Waals surface area contributed by atoms with E-state index in [2.05, 4.69) is 5.32 Å². The van der Waals surface area contributed by atoms with Gasteiger partial charge in [-0.25, -0.2) is 13.6 Å². The van der Waals surface area contributed by atoms with Gasteiger partial charge in [0.1, 0.15) is 6.04 Å². The topological polar surface area (TPSA) is 92.5 Å². The van der Waals surface area contributed by atoms with Gasteiger partial charge in [0.05, 0.1) is 10.5 Å². The summed E-state index contributed by atoms with van der Waals surface area (Å²) >= 11 is 0. The summed E-state index contributed by atoms with van der Waals surface area (Å²) in [4.78, 5) is 13.3. The van der Waals surface area contributed by atoms with Gasteiger partial charge in [-0.2, -0.15) is 13.2 Å². The lowest BCUT2D eigenvalue weighted by molar-refractivity contribution is -0.139. The number of carbonyl (C=O) groups excluding carboxylic acids is 1. The molecular formula is C18H18F3N3O3S. The molecule has 0 radical (unpaired) electrons. The second kappa shape index (κ2) is 7.44. The Bertz CT molecular complexity index is 979. The Morgan fingerprint density at radius 1 is 1.11 bits per heavy atom. The molecule has 0 saturated carbocycles. The van der Waals surface area contributed by atoms with E-state index in [1.165, 1.54) is 6.07 Å². The molecule has 1 fully saturated rings. The van der Waals surface area contributed by atoms with Crippen molar-refractivity contribution in [2.75, 3.05) is 16.8 Å². The fourth-order valence-electron chi connectivity index (χ4n) is 3.16. The van der Waals surface area contributed by atoms with Gasteiger partial charge in [-0.1, -0.05) is 18.2 Å². The third kappa shape index (κ3) is 4.28. The Morgan fingerprint density at radius 2 is 1.79 bits per heavy atom. The maximum Gasteiger partial charge on any atom is 0.417 e. The fourth-order valence-corrected chi connectivity index (χ4v) is 3.90. The number of hydrogen-bond donors (Lipinski definition) is 2. The molecule has 0 aliphatic carbocycles. The molecule has 0 bridgehead atoms. The van der Waals surface area contributed by atoms with Crippen LogP contribution in [0.3, 0.4) is 0 Å². The van der Waals surface area contributed by atoms with E-state index in [9.17, 15) is 26.4 Å². The lowest BCUT2D eigenvalue weighted by Gasteiger charge is -2.33. The molecule has 1 unspecified atom stereocenters. The lowest BCUT2D eigenvalue weighted by atomic mass is 10.0. The second-order valence-electron chi connectivity index (χ2n) is 6.42. The van der Waals surface area contributed by atoms with Crippen molar-refractivity contribution in [3.8, 4) is 0 Å². The fraction of sp³-hybridized carbons (Fsp3) is 0.278. The van der Waals surface area contributed by atoms with Crippen LogP contribution in [0.1, 0.15) is 18.4 Å². The lowest BCUT2D eigenvalue weighted by Crippen LogP contribution is -2.47. The Kier molecular flexibility index (Phi) is 5.35. The number of anilines is 2. The first-order valence-corrected chi connectivity index (χ1v) is 9.99. The first kappa shape index (κ1) is 20.2. The zero-order valence-corrected chi connectivity index (χ0v) is 15.4.